The van der Waals surface area contributed by atoms with Gasteiger partial charge in [0.2, 0.25) is 0 Å². The van der Waals surface area contributed by atoms with Gasteiger partial charge in [-0.15, -0.1) is 0 Å². The molecule has 0 bridgehead atoms. The first-order valence-corrected chi connectivity index (χ1v) is 9.96. The van der Waals surface area contributed by atoms with Crippen molar-refractivity contribution in [1.82, 2.24) is 9.88 Å². The van der Waals surface area contributed by atoms with Crippen LogP contribution in [-0.2, 0) is 4.74 Å². The Morgan fingerprint density at radius 1 is 1.40 bits per heavy atom. The number of carbonyl (C=O) groups excluding carboxylic acids is 1. The lowest BCUT2D eigenvalue weighted by Crippen LogP contribution is -2.64. The van der Waals surface area contributed by atoms with Gasteiger partial charge in [0.1, 0.15) is 0 Å². The van der Waals surface area contributed by atoms with Crippen molar-refractivity contribution in [3.63, 3.8) is 0 Å². The van der Waals surface area contributed by atoms with Crippen LogP contribution in [0.15, 0.2) is 24.3 Å². The zero-order valence-corrected chi connectivity index (χ0v) is 15.6. The van der Waals surface area contributed by atoms with Crippen molar-refractivity contribution in [2.75, 3.05) is 19.0 Å². The van der Waals surface area contributed by atoms with E-state index < -0.39 is 0 Å². The van der Waals surface area contributed by atoms with Crippen LogP contribution in [0.5, 0.6) is 0 Å². The molecule has 0 saturated heterocycles. The molecule has 5 nitrogen and oxygen atoms in total. The molecule has 2 saturated carbocycles. The molecular formula is C19H25N3O2S. The number of aromatic nitrogens is 1. The lowest BCUT2D eigenvalue weighted by Gasteiger charge is -2.56. The Kier molecular flexibility index (Phi) is 4.41. The molecule has 4 rings (SSSR count). The molecule has 2 amide bonds. The Bertz CT molecular complexity index is 736. The van der Waals surface area contributed by atoms with Crippen molar-refractivity contribution in [1.29, 1.82) is 0 Å². The number of fused-ring (bicyclic) bond motifs is 1. The molecule has 1 aromatic carbocycles. The van der Waals surface area contributed by atoms with Crippen LogP contribution in [0.25, 0.3) is 10.2 Å². The van der Waals surface area contributed by atoms with Gasteiger partial charge in [-0.1, -0.05) is 36.3 Å². The summed E-state index contributed by atoms with van der Waals surface area (Å²) in [6, 6.07) is 8.15. The number of hydrogen-bond donors (Lipinski definition) is 1. The van der Waals surface area contributed by atoms with Crippen molar-refractivity contribution >= 4 is 32.7 Å². The maximum absolute atomic E-state index is 12.8. The zero-order chi connectivity index (χ0) is 17.4. The second-order valence-electron chi connectivity index (χ2n) is 7.16. The molecule has 0 radical (unpaired) electrons. The first-order valence-electron chi connectivity index (χ1n) is 9.15. The molecule has 2 fully saturated rings. The Hall–Kier alpha value is -1.66. The van der Waals surface area contributed by atoms with E-state index in [1.54, 1.807) is 0 Å². The minimum atomic E-state index is -0.0646. The number of benzene rings is 1. The Morgan fingerprint density at radius 2 is 2.16 bits per heavy atom. The summed E-state index contributed by atoms with van der Waals surface area (Å²) in [4.78, 5) is 19.2. The van der Waals surface area contributed by atoms with E-state index in [0.717, 1.165) is 23.2 Å². The van der Waals surface area contributed by atoms with E-state index in [1.807, 2.05) is 36.2 Å². The molecular weight excluding hydrogens is 334 g/mol. The van der Waals surface area contributed by atoms with E-state index >= 15 is 0 Å². The van der Waals surface area contributed by atoms with Gasteiger partial charge < -0.3 is 9.64 Å². The maximum atomic E-state index is 12.8. The van der Waals surface area contributed by atoms with Gasteiger partial charge in [0.05, 0.1) is 16.3 Å². The van der Waals surface area contributed by atoms with E-state index in [-0.39, 0.29) is 17.5 Å². The van der Waals surface area contributed by atoms with E-state index in [9.17, 15) is 4.79 Å². The largest absolute Gasteiger partial charge is 0.378 e. The predicted octanol–water partition coefficient (Wildman–Crippen LogP) is 4.50. The van der Waals surface area contributed by atoms with Crippen LogP contribution in [0.3, 0.4) is 0 Å². The van der Waals surface area contributed by atoms with Crippen LogP contribution >= 0.6 is 11.3 Å². The number of ether oxygens (including phenoxy) is 1. The standard InChI is InChI=1S/C19H25N3O2S/c1-3-24-16-12-15(19(16)10-6-7-11-19)22(2)18(23)21-17-20-13-8-4-5-9-14(13)25-17/h4-5,8-9,15-16H,3,6-7,10-12H2,1-2H3,(H,20,21,23)/t15-,16+/m0/s1. The third-order valence-electron chi connectivity index (χ3n) is 5.94. The SMILES string of the molecule is CCO[C@@H]1C[C@H](N(C)C(=O)Nc2nc3ccccc3s2)C12CCCC2. The van der Waals surface area contributed by atoms with Gasteiger partial charge >= 0.3 is 6.03 Å². The number of rotatable bonds is 4. The molecule has 0 aliphatic heterocycles. The summed E-state index contributed by atoms with van der Waals surface area (Å²) in [5.41, 5.74) is 1.09. The number of hydrogen-bond acceptors (Lipinski definition) is 4. The maximum Gasteiger partial charge on any atom is 0.323 e. The minimum Gasteiger partial charge on any atom is -0.378 e. The fourth-order valence-electron chi connectivity index (χ4n) is 4.64. The number of urea groups is 1. The van der Waals surface area contributed by atoms with E-state index in [2.05, 4.69) is 17.2 Å². The summed E-state index contributed by atoms with van der Waals surface area (Å²) in [7, 11) is 1.91. The number of carbonyl (C=O) groups is 1. The highest BCUT2D eigenvalue weighted by atomic mass is 32.1. The molecule has 1 spiro atoms. The number of nitrogens with one attached hydrogen (secondary N) is 1. The number of amides is 2. The smallest absolute Gasteiger partial charge is 0.323 e. The molecule has 2 atom stereocenters. The molecule has 6 heteroatoms. The second kappa shape index (κ2) is 6.57. The van der Waals surface area contributed by atoms with Gasteiger partial charge in [-0.25, -0.2) is 9.78 Å². The number of thiazole rings is 1. The molecule has 0 unspecified atom stereocenters. The molecule has 2 aliphatic carbocycles. The fourth-order valence-corrected chi connectivity index (χ4v) is 5.50. The van der Waals surface area contributed by atoms with Gasteiger partial charge in [0.15, 0.2) is 5.13 Å². The average Bonchev–Trinajstić information content (AvgIpc) is 3.25. The second-order valence-corrected chi connectivity index (χ2v) is 8.19. The van der Waals surface area contributed by atoms with Crippen LogP contribution in [0, 0.1) is 5.41 Å². The van der Waals surface area contributed by atoms with Crippen molar-refractivity contribution in [3.05, 3.63) is 24.3 Å². The fraction of sp³-hybridized carbons (Fsp3) is 0.579. The average molecular weight is 359 g/mol. The van der Waals surface area contributed by atoms with E-state index in [4.69, 9.17) is 4.74 Å². The number of nitrogens with zero attached hydrogens (tertiary/aromatic N) is 2. The number of para-hydroxylation sites is 1. The Balaban J connectivity index is 1.46. The van der Waals surface area contributed by atoms with E-state index in [0.29, 0.717) is 11.2 Å². The van der Waals surface area contributed by atoms with Crippen LogP contribution in [-0.4, -0.2) is 41.7 Å². The summed E-state index contributed by atoms with van der Waals surface area (Å²) >= 11 is 1.52. The highest BCUT2D eigenvalue weighted by Gasteiger charge is 2.58. The summed E-state index contributed by atoms with van der Waals surface area (Å²) in [6.45, 7) is 2.81. The highest BCUT2D eigenvalue weighted by molar-refractivity contribution is 7.22. The summed E-state index contributed by atoms with van der Waals surface area (Å²) < 4.78 is 7.06. The first-order chi connectivity index (χ1) is 12.1. The first kappa shape index (κ1) is 16.8. The third kappa shape index (κ3) is 2.81. The van der Waals surface area contributed by atoms with Crippen LogP contribution in [0.4, 0.5) is 9.93 Å². The predicted molar refractivity (Wildman–Crippen MR) is 101 cm³/mol. The molecule has 1 heterocycles. The molecule has 25 heavy (non-hydrogen) atoms. The van der Waals surface area contributed by atoms with Crippen molar-refractivity contribution in [2.45, 2.75) is 51.2 Å². The van der Waals surface area contributed by atoms with E-state index in [1.165, 1.54) is 37.0 Å². The van der Waals surface area contributed by atoms with Crippen molar-refractivity contribution < 1.29 is 9.53 Å². The topological polar surface area (TPSA) is 54.5 Å². The van der Waals surface area contributed by atoms with Gasteiger partial charge in [0.25, 0.3) is 0 Å². The molecule has 2 aliphatic rings. The van der Waals surface area contributed by atoms with Crippen LogP contribution < -0.4 is 5.32 Å². The summed E-state index contributed by atoms with van der Waals surface area (Å²) in [6.07, 6.45) is 6.07. The van der Waals surface area contributed by atoms with Crippen LogP contribution in [0.2, 0.25) is 0 Å². The van der Waals surface area contributed by atoms with Crippen LogP contribution in [0.1, 0.15) is 39.0 Å². The van der Waals surface area contributed by atoms with Gasteiger partial charge in [-0.3, -0.25) is 5.32 Å². The summed E-state index contributed by atoms with van der Waals surface area (Å²) in [5, 5.41) is 3.65. The Morgan fingerprint density at radius 3 is 2.88 bits per heavy atom. The normalized spacial score (nSPS) is 24.4. The van der Waals surface area contributed by atoms with Crippen molar-refractivity contribution in [3.8, 4) is 0 Å². The van der Waals surface area contributed by atoms with Gasteiger partial charge in [-0.2, -0.15) is 0 Å². The van der Waals surface area contributed by atoms with Gasteiger partial charge in [0, 0.05) is 25.1 Å². The number of anilines is 1. The molecule has 2 aromatic rings. The molecule has 134 valence electrons. The zero-order valence-electron chi connectivity index (χ0n) is 14.8. The molecule has 1 aromatic heterocycles. The van der Waals surface area contributed by atoms with Gasteiger partial charge in [-0.05, 0) is 38.3 Å². The third-order valence-corrected chi connectivity index (χ3v) is 6.89. The monoisotopic (exact) mass is 359 g/mol. The molecule has 1 N–H and O–H groups in total. The quantitative estimate of drug-likeness (QED) is 0.874. The Labute approximate surface area is 152 Å². The highest BCUT2D eigenvalue weighted by Crippen LogP contribution is 2.56. The lowest BCUT2D eigenvalue weighted by molar-refractivity contribution is -0.150. The van der Waals surface area contributed by atoms with Crippen molar-refractivity contribution in [2.24, 2.45) is 5.41 Å². The lowest BCUT2D eigenvalue weighted by atomic mass is 9.60. The minimum absolute atomic E-state index is 0.0646. The summed E-state index contributed by atoms with van der Waals surface area (Å²) in [5.74, 6) is 0.